The molecule has 0 amide bonds. The van der Waals surface area contributed by atoms with Crippen molar-refractivity contribution >= 4 is 31.9 Å². The van der Waals surface area contributed by atoms with Crippen LogP contribution in [0.5, 0.6) is 5.75 Å². The number of halogens is 2. The Morgan fingerprint density at radius 1 is 1.18 bits per heavy atom. The fourth-order valence-electron chi connectivity index (χ4n) is 0.999. The molecule has 17 heavy (non-hydrogen) atoms. The van der Waals surface area contributed by atoms with E-state index in [9.17, 15) is 5.11 Å². The summed E-state index contributed by atoms with van der Waals surface area (Å²) in [4.78, 5) is 0. The van der Waals surface area contributed by atoms with E-state index in [2.05, 4.69) is 52.6 Å². The van der Waals surface area contributed by atoms with Crippen molar-refractivity contribution in [2.75, 3.05) is 13.2 Å². The number of aliphatic hydroxyl groups excluding tert-OH is 1. The molecule has 0 aliphatic carbocycles. The van der Waals surface area contributed by atoms with E-state index in [0.717, 1.165) is 8.95 Å². The Bertz CT molecular complexity index is 337. The van der Waals surface area contributed by atoms with E-state index >= 15 is 0 Å². The van der Waals surface area contributed by atoms with Crippen molar-refractivity contribution in [3.05, 3.63) is 26.6 Å². The molecule has 5 heteroatoms. The summed E-state index contributed by atoms with van der Waals surface area (Å²) < 4.78 is 1.46. The molecule has 1 rings (SSSR count). The van der Waals surface area contributed by atoms with Gasteiger partial charge in [-0.15, -0.1) is 0 Å². The quantitative estimate of drug-likeness (QED) is 0.713. The highest BCUT2D eigenvalue weighted by Crippen LogP contribution is 2.36. The van der Waals surface area contributed by atoms with Crippen LogP contribution in [0.2, 0.25) is 0 Å². The van der Waals surface area contributed by atoms with Crippen LogP contribution in [0, 0.1) is 0 Å². The van der Waals surface area contributed by atoms with Crippen molar-refractivity contribution in [3.63, 3.8) is 0 Å². The minimum atomic E-state index is 0.0960. The number of phenolic OH excluding ortho intramolecular Hbond substituents is 1. The third-order valence-electron chi connectivity index (χ3n) is 2.01. The molecule has 0 saturated heterocycles. The van der Waals surface area contributed by atoms with Gasteiger partial charge < -0.3 is 15.9 Å². The second kappa shape index (κ2) is 7.36. The van der Waals surface area contributed by atoms with Gasteiger partial charge >= 0.3 is 0 Å². The van der Waals surface area contributed by atoms with Crippen molar-refractivity contribution < 1.29 is 10.2 Å². The SMILES string of the molecule is CC(C)(C)c1cc(Br)c(O)c(Br)c1.NCCO. The van der Waals surface area contributed by atoms with Gasteiger partial charge in [0, 0.05) is 6.54 Å². The molecule has 0 aliphatic rings. The average Bonchev–Trinajstić information content (AvgIpc) is 2.24. The maximum absolute atomic E-state index is 9.50. The number of nitrogens with two attached hydrogens (primary N) is 1. The molecule has 4 N–H and O–H groups in total. The van der Waals surface area contributed by atoms with Crippen molar-refractivity contribution in [2.24, 2.45) is 5.73 Å². The third kappa shape index (κ3) is 5.86. The first-order valence-corrected chi connectivity index (χ1v) is 6.82. The van der Waals surface area contributed by atoms with Crippen LogP contribution in [0.1, 0.15) is 26.3 Å². The van der Waals surface area contributed by atoms with E-state index in [0.29, 0.717) is 6.54 Å². The van der Waals surface area contributed by atoms with Gasteiger partial charge in [0.1, 0.15) is 5.75 Å². The molecule has 0 bridgehead atoms. The van der Waals surface area contributed by atoms with Gasteiger partial charge in [-0.1, -0.05) is 20.8 Å². The molecular weight excluding hydrogens is 350 g/mol. The van der Waals surface area contributed by atoms with Crippen LogP contribution in [0.4, 0.5) is 0 Å². The van der Waals surface area contributed by atoms with Gasteiger partial charge in [-0.25, -0.2) is 0 Å². The number of aromatic hydroxyl groups is 1. The number of rotatable bonds is 1. The fourth-order valence-corrected chi connectivity index (χ4v) is 2.18. The molecule has 0 aliphatic heterocycles. The van der Waals surface area contributed by atoms with Crippen molar-refractivity contribution in [1.29, 1.82) is 0 Å². The van der Waals surface area contributed by atoms with Crippen LogP contribution in [0.25, 0.3) is 0 Å². The molecule has 1 aromatic rings. The molecule has 0 saturated carbocycles. The summed E-state index contributed by atoms with van der Waals surface area (Å²) in [6.45, 7) is 6.88. The summed E-state index contributed by atoms with van der Waals surface area (Å²) in [7, 11) is 0. The van der Waals surface area contributed by atoms with E-state index in [1.807, 2.05) is 12.1 Å². The highest BCUT2D eigenvalue weighted by molar-refractivity contribution is 9.11. The molecule has 3 nitrogen and oxygen atoms in total. The van der Waals surface area contributed by atoms with Crippen LogP contribution in [-0.4, -0.2) is 23.4 Å². The van der Waals surface area contributed by atoms with Gasteiger partial charge in [-0.3, -0.25) is 0 Å². The molecule has 0 radical (unpaired) electrons. The van der Waals surface area contributed by atoms with E-state index < -0.39 is 0 Å². The van der Waals surface area contributed by atoms with Crippen molar-refractivity contribution in [1.82, 2.24) is 0 Å². The van der Waals surface area contributed by atoms with E-state index in [1.165, 1.54) is 5.56 Å². The first-order chi connectivity index (χ1) is 7.73. The molecule has 0 atom stereocenters. The second-order valence-corrected chi connectivity index (χ2v) is 6.26. The summed E-state index contributed by atoms with van der Waals surface area (Å²) in [5, 5.41) is 17.3. The Labute approximate surface area is 119 Å². The van der Waals surface area contributed by atoms with Gasteiger partial charge in [-0.2, -0.15) is 0 Å². The summed E-state index contributed by atoms with van der Waals surface area (Å²) in [6, 6.07) is 3.89. The lowest BCUT2D eigenvalue weighted by Crippen LogP contribution is -2.10. The number of phenols is 1. The Morgan fingerprint density at radius 2 is 1.53 bits per heavy atom. The molecule has 0 spiro atoms. The van der Waals surface area contributed by atoms with Gasteiger partial charge in [0.25, 0.3) is 0 Å². The number of hydrogen-bond acceptors (Lipinski definition) is 3. The zero-order valence-electron chi connectivity index (χ0n) is 10.3. The van der Waals surface area contributed by atoms with Crippen LogP contribution in [0.15, 0.2) is 21.1 Å². The normalized spacial score (nSPS) is 10.8. The monoisotopic (exact) mass is 367 g/mol. The van der Waals surface area contributed by atoms with Gasteiger partial charge in [0.2, 0.25) is 0 Å². The molecule has 1 aromatic carbocycles. The van der Waals surface area contributed by atoms with E-state index in [-0.39, 0.29) is 17.8 Å². The topological polar surface area (TPSA) is 66.5 Å². The first-order valence-electron chi connectivity index (χ1n) is 5.23. The molecule has 98 valence electrons. The van der Waals surface area contributed by atoms with E-state index in [1.54, 1.807) is 0 Å². The predicted molar refractivity (Wildman–Crippen MR) is 78.3 cm³/mol. The second-order valence-electron chi connectivity index (χ2n) is 4.55. The first kappa shape index (κ1) is 16.9. The molecule has 0 unspecified atom stereocenters. The Kier molecular flexibility index (Phi) is 7.32. The van der Waals surface area contributed by atoms with E-state index in [4.69, 9.17) is 10.8 Å². The maximum Gasteiger partial charge on any atom is 0.143 e. The lowest BCUT2D eigenvalue weighted by molar-refractivity contribution is 0.306. The minimum absolute atomic E-state index is 0.0960. The number of aliphatic hydroxyl groups is 1. The van der Waals surface area contributed by atoms with Crippen molar-refractivity contribution in [2.45, 2.75) is 26.2 Å². The largest absolute Gasteiger partial charge is 0.506 e. The smallest absolute Gasteiger partial charge is 0.143 e. The van der Waals surface area contributed by atoms with Crippen molar-refractivity contribution in [3.8, 4) is 5.75 Å². The Hall–Kier alpha value is -0.100. The summed E-state index contributed by atoms with van der Waals surface area (Å²) in [6.07, 6.45) is 0. The standard InChI is InChI=1S/C10H12Br2O.C2H7NO/c1-10(2,3)6-4-7(11)9(13)8(12)5-6;3-1-2-4/h4-5,13H,1-3H3;4H,1-3H2. The lowest BCUT2D eigenvalue weighted by atomic mass is 9.87. The van der Waals surface area contributed by atoms with Crippen LogP contribution < -0.4 is 5.73 Å². The third-order valence-corrected chi connectivity index (χ3v) is 3.22. The summed E-state index contributed by atoms with van der Waals surface area (Å²) in [5.41, 5.74) is 6.06. The molecule has 0 heterocycles. The lowest BCUT2D eigenvalue weighted by Gasteiger charge is -2.20. The average molecular weight is 369 g/mol. The van der Waals surface area contributed by atoms with Gasteiger partial charge in [0.15, 0.2) is 0 Å². The van der Waals surface area contributed by atoms with Gasteiger partial charge in [-0.05, 0) is 55.0 Å². The van der Waals surface area contributed by atoms with Gasteiger partial charge in [0.05, 0.1) is 15.6 Å². The zero-order valence-corrected chi connectivity index (χ0v) is 13.5. The molecule has 0 aromatic heterocycles. The highest BCUT2D eigenvalue weighted by atomic mass is 79.9. The number of hydrogen-bond donors (Lipinski definition) is 3. The summed E-state index contributed by atoms with van der Waals surface area (Å²) >= 11 is 6.62. The Morgan fingerprint density at radius 3 is 1.76 bits per heavy atom. The summed E-state index contributed by atoms with van der Waals surface area (Å²) in [5.74, 6) is 0.257. The maximum atomic E-state index is 9.50. The highest BCUT2D eigenvalue weighted by Gasteiger charge is 2.16. The fraction of sp³-hybridized carbons (Fsp3) is 0.500. The molecular formula is C12H19Br2NO2. The number of benzene rings is 1. The zero-order chi connectivity index (χ0) is 13.6. The van der Waals surface area contributed by atoms with Crippen LogP contribution >= 0.6 is 31.9 Å². The minimum Gasteiger partial charge on any atom is -0.506 e. The van der Waals surface area contributed by atoms with Crippen LogP contribution in [-0.2, 0) is 5.41 Å². The molecule has 0 fully saturated rings. The van der Waals surface area contributed by atoms with Crippen LogP contribution in [0.3, 0.4) is 0 Å². The predicted octanol–water partition coefficient (Wildman–Crippen LogP) is 3.15. The Balaban J connectivity index is 0.000000557.